The third-order valence-corrected chi connectivity index (χ3v) is 8.86. The number of carbonyl (C=O) groups is 2. The Balaban J connectivity index is 1.33. The van der Waals surface area contributed by atoms with Crippen LogP contribution in [-0.4, -0.2) is 78.4 Å². The van der Waals surface area contributed by atoms with Crippen molar-refractivity contribution in [3.05, 3.63) is 11.3 Å². The normalized spacial score (nSPS) is 33.9. The van der Waals surface area contributed by atoms with Crippen molar-refractivity contribution in [2.75, 3.05) is 45.9 Å². The maximum atomic E-state index is 13.3. The number of rotatable bonds is 9. The van der Waals surface area contributed by atoms with Crippen molar-refractivity contribution in [3.8, 4) is 0 Å². The van der Waals surface area contributed by atoms with Crippen LogP contribution in [0.15, 0.2) is 16.3 Å². The van der Waals surface area contributed by atoms with Gasteiger partial charge in [-0.15, -0.1) is 0 Å². The summed E-state index contributed by atoms with van der Waals surface area (Å²) < 4.78 is 5.44. The molecule has 2 aliphatic heterocycles. The van der Waals surface area contributed by atoms with Crippen molar-refractivity contribution in [2.24, 2.45) is 28.2 Å². The van der Waals surface area contributed by atoms with Crippen LogP contribution in [0, 0.1) is 23.2 Å². The van der Waals surface area contributed by atoms with Crippen LogP contribution in [0.25, 0.3) is 0 Å². The Morgan fingerprint density at radius 3 is 2.38 bits per heavy atom. The van der Waals surface area contributed by atoms with Gasteiger partial charge < -0.3 is 9.84 Å². The molecular weight excluding hydrogens is 430 g/mol. The number of amides is 2. The number of nitrogens with zero attached hydrogens (tertiary/aromatic N) is 3. The largest absolute Gasteiger partial charge is 0.509 e. The lowest BCUT2D eigenvalue weighted by Gasteiger charge is -2.57. The molecule has 4 saturated carbocycles. The van der Waals surface area contributed by atoms with Gasteiger partial charge in [0.15, 0.2) is 0 Å². The predicted octanol–water partition coefficient (Wildman–Crippen LogP) is 3.74. The molecule has 0 aromatic carbocycles. The van der Waals surface area contributed by atoms with E-state index in [-0.39, 0.29) is 29.5 Å². The summed E-state index contributed by atoms with van der Waals surface area (Å²) in [6.45, 7) is 7.05. The number of hydrogen-bond donors (Lipinski definition) is 1. The monoisotopic (exact) mass is 471 g/mol. The van der Waals surface area contributed by atoms with E-state index in [4.69, 9.17) is 9.73 Å². The highest BCUT2D eigenvalue weighted by Gasteiger charge is 2.52. The van der Waals surface area contributed by atoms with Crippen LogP contribution in [0.4, 0.5) is 0 Å². The summed E-state index contributed by atoms with van der Waals surface area (Å²) >= 11 is 0. The minimum Gasteiger partial charge on any atom is -0.509 e. The third kappa shape index (κ3) is 4.97. The number of aliphatic imine (C=N–C) groups is 1. The number of morpholine rings is 1. The van der Waals surface area contributed by atoms with Crippen LogP contribution in [-0.2, 0) is 14.3 Å². The van der Waals surface area contributed by atoms with Gasteiger partial charge in [-0.05, 0) is 81.0 Å². The van der Waals surface area contributed by atoms with Gasteiger partial charge in [0, 0.05) is 32.6 Å². The predicted molar refractivity (Wildman–Crippen MR) is 131 cm³/mol. The van der Waals surface area contributed by atoms with Crippen molar-refractivity contribution in [1.29, 1.82) is 0 Å². The average Bonchev–Trinajstić information content (AvgIpc) is 3.10. The second-order valence-electron chi connectivity index (χ2n) is 11.6. The molecule has 2 amide bonds. The highest BCUT2D eigenvalue weighted by molar-refractivity contribution is 6.26. The zero-order valence-electron chi connectivity index (χ0n) is 20.8. The number of aliphatic hydroxyl groups is 1. The number of ether oxygens (including phenoxy) is 1. The molecule has 0 aromatic rings. The van der Waals surface area contributed by atoms with Crippen molar-refractivity contribution in [1.82, 2.24) is 9.80 Å². The molecule has 4 aliphatic carbocycles. The highest BCUT2D eigenvalue weighted by atomic mass is 16.5. The molecule has 7 nitrogen and oxygen atoms in total. The average molecular weight is 472 g/mol. The Morgan fingerprint density at radius 2 is 1.76 bits per heavy atom. The summed E-state index contributed by atoms with van der Waals surface area (Å²) in [6.07, 6.45) is 10.5. The van der Waals surface area contributed by atoms with Gasteiger partial charge >= 0.3 is 0 Å². The minimum atomic E-state index is -0.340. The smallest absolute Gasteiger partial charge is 0.266 e. The number of aliphatic hydroxyl groups excluding tert-OH is 1. The topological polar surface area (TPSA) is 82.4 Å². The Kier molecular flexibility index (Phi) is 7.12. The van der Waals surface area contributed by atoms with Crippen molar-refractivity contribution >= 4 is 17.5 Å². The molecule has 1 N–H and O–H groups in total. The molecular formula is C27H41N3O4. The van der Waals surface area contributed by atoms with E-state index >= 15 is 0 Å². The maximum absolute atomic E-state index is 13.3. The van der Waals surface area contributed by atoms with Gasteiger partial charge in [-0.2, -0.15) is 0 Å². The van der Waals surface area contributed by atoms with E-state index in [1.807, 2.05) is 6.92 Å². The minimum absolute atomic E-state index is 0.000667. The lowest BCUT2D eigenvalue weighted by atomic mass is 9.48. The van der Waals surface area contributed by atoms with Crippen molar-refractivity contribution in [3.63, 3.8) is 0 Å². The van der Waals surface area contributed by atoms with E-state index < -0.39 is 0 Å². The van der Waals surface area contributed by atoms with E-state index in [0.717, 1.165) is 69.2 Å². The summed E-state index contributed by atoms with van der Waals surface area (Å²) in [5.41, 5.74) is 1.30. The lowest BCUT2D eigenvalue weighted by molar-refractivity contribution is -0.140. The first-order valence-electron chi connectivity index (χ1n) is 13.6. The molecule has 2 heterocycles. The molecule has 34 heavy (non-hydrogen) atoms. The van der Waals surface area contributed by atoms with Crippen LogP contribution < -0.4 is 0 Å². The van der Waals surface area contributed by atoms with Crippen molar-refractivity contribution in [2.45, 2.75) is 71.1 Å². The van der Waals surface area contributed by atoms with Gasteiger partial charge in [0.1, 0.15) is 11.3 Å². The molecule has 0 radical (unpaired) electrons. The van der Waals surface area contributed by atoms with Crippen LogP contribution in [0.5, 0.6) is 0 Å². The molecule has 0 aromatic heterocycles. The SMILES string of the molecule is CCCC(=O)N1CC(O)=C(C(CC23CC4CC(CC(C4)C2)C3)=NCCCN2CCOCC2)C1=O. The zero-order valence-corrected chi connectivity index (χ0v) is 20.8. The second kappa shape index (κ2) is 10.1. The van der Waals surface area contributed by atoms with Gasteiger partial charge in [-0.1, -0.05) is 6.92 Å². The molecule has 6 aliphatic rings. The Hall–Kier alpha value is -1.73. The van der Waals surface area contributed by atoms with E-state index in [1.54, 1.807) is 0 Å². The van der Waals surface area contributed by atoms with Gasteiger partial charge in [0.25, 0.3) is 5.91 Å². The van der Waals surface area contributed by atoms with Crippen LogP contribution in [0.2, 0.25) is 0 Å². The lowest BCUT2D eigenvalue weighted by Crippen LogP contribution is -2.47. The third-order valence-electron chi connectivity index (χ3n) is 8.86. The first kappa shape index (κ1) is 24.0. The molecule has 4 bridgehead atoms. The van der Waals surface area contributed by atoms with Gasteiger partial charge in [0.2, 0.25) is 5.91 Å². The standard InChI is InChI=1S/C27H41N3O4/c1-2-4-24(32)30-18-23(31)25(26(30)33)22(28-5-3-6-29-7-9-34-10-8-29)17-27-14-19-11-20(15-27)13-21(12-19)16-27/h19-21,31H,2-18H2,1H3. The van der Waals surface area contributed by atoms with E-state index in [1.165, 1.54) is 43.4 Å². The number of carbonyl (C=O) groups excluding carboxylic acids is 2. The molecule has 5 fully saturated rings. The molecule has 7 heteroatoms. The van der Waals surface area contributed by atoms with Crippen LogP contribution in [0.1, 0.15) is 71.1 Å². The Labute approximate surface area is 203 Å². The molecule has 0 unspecified atom stereocenters. The second-order valence-corrected chi connectivity index (χ2v) is 11.6. The van der Waals surface area contributed by atoms with E-state index in [0.29, 0.717) is 25.0 Å². The number of hydrogen-bond acceptors (Lipinski definition) is 6. The fourth-order valence-electron chi connectivity index (χ4n) is 7.82. The summed E-state index contributed by atoms with van der Waals surface area (Å²) in [4.78, 5) is 34.5. The van der Waals surface area contributed by atoms with E-state index in [9.17, 15) is 14.7 Å². The fraction of sp³-hybridized carbons (Fsp3) is 0.815. The highest BCUT2D eigenvalue weighted by Crippen LogP contribution is 2.61. The summed E-state index contributed by atoms with van der Waals surface area (Å²) in [7, 11) is 0. The van der Waals surface area contributed by atoms with E-state index in [2.05, 4.69) is 4.90 Å². The quantitative estimate of drug-likeness (QED) is 0.409. The van der Waals surface area contributed by atoms with Gasteiger partial charge in [-0.3, -0.25) is 24.4 Å². The van der Waals surface area contributed by atoms with Crippen molar-refractivity contribution < 1.29 is 19.4 Å². The first-order chi connectivity index (χ1) is 16.5. The molecule has 188 valence electrons. The molecule has 0 spiro atoms. The Morgan fingerprint density at radius 1 is 1.12 bits per heavy atom. The molecule has 1 saturated heterocycles. The zero-order chi connectivity index (χ0) is 23.7. The first-order valence-corrected chi connectivity index (χ1v) is 13.6. The summed E-state index contributed by atoms with van der Waals surface area (Å²) in [6, 6.07) is 0. The molecule has 6 rings (SSSR count). The number of imide groups is 1. The summed E-state index contributed by atoms with van der Waals surface area (Å²) in [5, 5.41) is 10.9. The Bertz CT molecular complexity index is 823. The maximum Gasteiger partial charge on any atom is 0.266 e. The summed E-state index contributed by atoms with van der Waals surface area (Å²) in [5.74, 6) is 1.95. The van der Waals surface area contributed by atoms with Gasteiger partial charge in [-0.25, -0.2) is 0 Å². The van der Waals surface area contributed by atoms with Gasteiger partial charge in [0.05, 0.1) is 25.5 Å². The molecule has 0 atom stereocenters. The van der Waals surface area contributed by atoms with Crippen LogP contribution in [0.3, 0.4) is 0 Å². The van der Waals surface area contributed by atoms with Crippen LogP contribution >= 0.6 is 0 Å². The fourth-order valence-corrected chi connectivity index (χ4v) is 7.82.